The van der Waals surface area contributed by atoms with E-state index in [1.165, 1.54) is 40.3 Å². The van der Waals surface area contributed by atoms with Crippen LogP contribution in [0.4, 0.5) is 5.69 Å². The van der Waals surface area contributed by atoms with Gasteiger partial charge in [0.15, 0.2) is 0 Å². The molecule has 0 radical (unpaired) electrons. The molecule has 1 fully saturated rings. The summed E-state index contributed by atoms with van der Waals surface area (Å²) in [5.74, 6) is 0.680. The van der Waals surface area contributed by atoms with Crippen LogP contribution in [0.25, 0.3) is 0 Å². The molecule has 1 saturated heterocycles. The second kappa shape index (κ2) is 6.72. The van der Waals surface area contributed by atoms with Crippen molar-refractivity contribution in [3.05, 3.63) is 69.2 Å². The van der Waals surface area contributed by atoms with Crippen molar-refractivity contribution in [2.45, 2.75) is 10.3 Å². The summed E-state index contributed by atoms with van der Waals surface area (Å²) in [6, 6.07) is 12.0. The number of nitro benzene ring substituents is 1. The van der Waals surface area contributed by atoms with E-state index in [1.54, 1.807) is 12.1 Å². The van der Waals surface area contributed by atoms with Gasteiger partial charge in [0, 0.05) is 29.5 Å². The minimum Gasteiger partial charge on any atom is -0.258 e. The summed E-state index contributed by atoms with van der Waals surface area (Å²) in [6.45, 7) is 0.386. The molecule has 0 amide bonds. The van der Waals surface area contributed by atoms with Gasteiger partial charge in [-0.3, -0.25) is 10.1 Å². The Kier molecular flexibility index (Phi) is 4.82. The molecule has 0 N–H and O–H groups in total. The summed E-state index contributed by atoms with van der Waals surface area (Å²) < 4.78 is 27.2. The van der Waals surface area contributed by atoms with Crippen molar-refractivity contribution >= 4 is 39.1 Å². The summed E-state index contributed by atoms with van der Waals surface area (Å²) in [5, 5.41) is 11.0. The Morgan fingerprint density at radius 2 is 1.75 bits per heavy atom. The molecule has 1 aliphatic rings. The number of hydrogen-bond donors (Lipinski definition) is 0. The minimum atomic E-state index is -3.73. The van der Waals surface area contributed by atoms with Gasteiger partial charge in [-0.15, -0.1) is 11.8 Å². The van der Waals surface area contributed by atoms with Gasteiger partial charge in [-0.1, -0.05) is 23.7 Å². The van der Waals surface area contributed by atoms with Crippen molar-refractivity contribution in [2.75, 3.05) is 12.3 Å². The van der Waals surface area contributed by atoms with Crippen LogP contribution in [0, 0.1) is 10.1 Å². The fourth-order valence-corrected chi connectivity index (χ4v) is 5.83. The van der Waals surface area contributed by atoms with Gasteiger partial charge in [0.1, 0.15) is 0 Å². The fourth-order valence-electron chi connectivity index (χ4n) is 2.47. The number of hydrogen-bond acceptors (Lipinski definition) is 5. The Bertz CT molecular complexity index is 854. The van der Waals surface area contributed by atoms with E-state index >= 15 is 0 Å². The third-order valence-electron chi connectivity index (χ3n) is 3.66. The SMILES string of the molecule is O=[N+]([O-])c1ccc(S(=O)(=O)N2CCS[C@H]2c2ccc(Cl)cc2)cc1. The first-order chi connectivity index (χ1) is 11.4. The fraction of sp³-hybridized carbons (Fsp3) is 0.200. The van der Waals surface area contributed by atoms with Gasteiger partial charge in [-0.25, -0.2) is 8.42 Å². The molecule has 0 unspecified atom stereocenters. The van der Waals surface area contributed by atoms with E-state index in [9.17, 15) is 18.5 Å². The Labute approximate surface area is 148 Å². The quantitative estimate of drug-likeness (QED) is 0.593. The summed E-state index contributed by atoms with van der Waals surface area (Å²) in [5.41, 5.74) is 0.714. The lowest BCUT2D eigenvalue weighted by atomic mass is 10.2. The molecule has 0 aliphatic carbocycles. The molecule has 1 atom stereocenters. The number of benzene rings is 2. The largest absolute Gasteiger partial charge is 0.269 e. The smallest absolute Gasteiger partial charge is 0.258 e. The minimum absolute atomic E-state index is 0.0505. The van der Waals surface area contributed by atoms with Gasteiger partial charge in [-0.05, 0) is 29.8 Å². The monoisotopic (exact) mass is 384 g/mol. The van der Waals surface area contributed by atoms with Crippen molar-refractivity contribution in [3.63, 3.8) is 0 Å². The van der Waals surface area contributed by atoms with Crippen molar-refractivity contribution in [1.82, 2.24) is 4.31 Å². The lowest BCUT2D eigenvalue weighted by Gasteiger charge is -2.23. The molecule has 2 aromatic rings. The van der Waals surface area contributed by atoms with Crippen LogP contribution in [-0.4, -0.2) is 29.9 Å². The Morgan fingerprint density at radius 3 is 2.33 bits per heavy atom. The van der Waals surface area contributed by atoms with E-state index < -0.39 is 14.9 Å². The van der Waals surface area contributed by atoms with Crippen molar-refractivity contribution in [3.8, 4) is 0 Å². The van der Waals surface area contributed by atoms with Crippen LogP contribution in [0.3, 0.4) is 0 Å². The van der Waals surface area contributed by atoms with Crippen molar-refractivity contribution in [1.29, 1.82) is 0 Å². The second-order valence-corrected chi connectivity index (χ2v) is 8.66. The highest BCUT2D eigenvalue weighted by Crippen LogP contribution is 2.41. The molecule has 0 aromatic heterocycles. The molecule has 24 heavy (non-hydrogen) atoms. The van der Waals surface area contributed by atoms with Gasteiger partial charge in [0.25, 0.3) is 5.69 Å². The summed E-state index contributed by atoms with van der Waals surface area (Å²) >= 11 is 7.42. The molecule has 126 valence electrons. The van der Waals surface area contributed by atoms with E-state index in [4.69, 9.17) is 11.6 Å². The van der Waals surface area contributed by atoms with Crippen molar-refractivity contribution in [2.24, 2.45) is 0 Å². The molecule has 1 aliphatic heterocycles. The zero-order chi connectivity index (χ0) is 17.3. The van der Waals surface area contributed by atoms with E-state index in [0.29, 0.717) is 17.3 Å². The first-order valence-corrected chi connectivity index (χ1v) is 9.89. The average molecular weight is 385 g/mol. The topological polar surface area (TPSA) is 80.5 Å². The lowest BCUT2D eigenvalue weighted by Crippen LogP contribution is -2.30. The summed E-state index contributed by atoms with van der Waals surface area (Å²) in [6.07, 6.45) is 0. The van der Waals surface area contributed by atoms with Crippen molar-refractivity contribution < 1.29 is 13.3 Å². The predicted octanol–water partition coefficient (Wildman–Crippen LogP) is 3.68. The van der Waals surface area contributed by atoms with Crippen LogP contribution in [0.2, 0.25) is 5.02 Å². The maximum atomic E-state index is 12.9. The van der Waals surface area contributed by atoms with Gasteiger partial charge in [0.2, 0.25) is 10.0 Å². The number of halogens is 1. The van der Waals surface area contributed by atoms with Crippen LogP contribution in [-0.2, 0) is 10.0 Å². The van der Waals surface area contributed by atoms with Crippen LogP contribution < -0.4 is 0 Å². The van der Waals surface area contributed by atoms with Gasteiger partial charge >= 0.3 is 0 Å². The maximum absolute atomic E-state index is 12.9. The lowest BCUT2D eigenvalue weighted by molar-refractivity contribution is -0.384. The number of nitro groups is 1. The highest BCUT2D eigenvalue weighted by molar-refractivity contribution is 8.01. The molecule has 0 bridgehead atoms. The zero-order valence-electron chi connectivity index (χ0n) is 12.3. The molecule has 2 aromatic carbocycles. The predicted molar refractivity (Wildman–Crippen MR) is 93.6 cm³/mol. The standard InChI is InChI=1S/C15H13ClN2O4S2/c16-12-3-1-11(2-4-12)15-17(9-10-23-15)24(21,22)14-7-5-13(6-8-14)18(19)20/h1-8,15H,9-10H2/t15-/m0/s1. The normalized spacial score (nSPS) is 18.6. The Hall–Kier alpha value is -1.61. The van der Waals surface area contributed by atoms with Crippen LogP contribution in [0.5, 0.6) is 0 Å². The van der Waals surface area contributed by atoms with Gasteiger partial charge in [0.05, 0.1) is 15.2 Å². The molecular weight excluding hydrogens is 372 g/mol. The Morgan fingerprint density at radius 1 is 1.12 bits per heavy atom. The van der Waals surface area contributed by atoms with Gasteiger partial charge in [-0.2, -0.15) is 4.31 Å². The highest BCUT2D eigenvalue weighted by Gasteiger charge is 2.36. The number of rotatable bonds is 4. The molecule has 0 saturated carbocycles. The molecule has 1 heterocycles. The molecule has 3 rings (SSSR count). The van der Waals surface area contributed by atoms with E-state index in [2.05, 4.69) is 0 Å². The molecular formula is C15H13ClN2O4S2. The van der Waals surface area contributed by atoms with Crippen LogP contribution in [0.1, 0.15) is 10.9 Å². The van der Waals surface area contributed by atoms with E-state index in [0.717, 1.165) is 5.56 Å². The van der Waals surface area contributed by atoms with Crippen LogP contribution in [0.15, 0.2) is 53.4 Å². The zero-order valence-corrected chi connectivity index (χ0v) is 14.7. The number of nitrogens with zero attached hydrogens (tertiary/aromatic N) is 2. The molecule has 0 spiro atoms. The maximum Gasteiger partial charge on any atom is 0.269 e. The Balaban J connectivity index is 1.93. The summed E-state index contributed by atoms with van der Waals surface area (Å²) in [4.78, 5) is 10.2. The first kappa shape index (κ1) is 17.2. The third-order valence-corrected chi connectivity index (χ3v) is 7.18. The number of non-ortho nitro benzene ring substituents is 1. The molecule has 9 heteroatoms. The number of sulfonamides is 1. The number of thioether (sulfide) groups is 1. The molecule has 6 nitrogen and oxygen atoms in total. The highest BCUT2D eigenvalue weighted by atomic mass is 35.5. The van der Waals surface area contributed by atoms with Crippen LogP contribution >= 0.6 is 23.4 Å². The first-order valence-electron chi connectivity index (χ1n) is 7.03. The summed E-state index contributed by atoms with van der Waals surface area (Å²) in [7, 11) is -3.73. The van der Waals surface area contributed by atoms with E-state index in [-0.39, 0.29) is 16.0 Å². The average Bonchev–Trinajstić information content (AvgIpc) is 3.06. The third kappa shape index (κ3) is 3.27. The van der Waals surface area contributed by atoms with E-state index in [1.807, 2.05) is 12.1 Å². The second-order valence-electron chi connectivity index (χ2n) is 5.14. The van der Waals surface area contributed by atoms with Gasteiger partial charge < -0.3 is 0 Å².